The summed E-state index contributed by atoms with van der Waals surface area (Å²) in [5, 5.41) is 5.16. The molecule has 0 radical (unpaired) electrons. The van der Waals surface area contributed by atoms with Gasteiger partial charge in [0.2, 0.25) is 0 Å². The number of hydrogen-bond donors (Lipinski definition) is 1. The summed E-state index contributed by atoms with van der Waals surface area (Å²) >= 11 is 7.64. The molecule has 0 saturated heterocycles. The first-order valence-electron chi connectivity index (χ1n) is 10.9. The van der Waals surface area contributed by atoms with Crippen molar-refractivity contribution in [1.29, 1.82) is 0 Å². The van der Waals surface area contributed by atoms with Gasteiger partial charge in [-0.2, -0.15) is 5.10 Å². The Morgan fingerprint density at radius 2 is 1.69 bits per heavy atom. The lowest BCUT2D eigenvalue weighted by Gasteiger charge is -2.08. The largest absolute Gasteiger partial charge is 0.484 e. The van der Waals surface area contributed by atoms with Gasteiger partial charge in [-0.3, -0.25) is 4.79 Å². The van der Waals surface area contributed by atoms with E-state index in [1.54, 1.807) is 24.3 Å². The maximum atomic E-state index is 12.6. The number of thiophene rings is 1. The standard InChI is InChI=1S/C27H23ClN2O4S/c1-17(2)19-9-13-20(14-10-19)33-16-24(31)30-29-15-18-7-11-21(12-8-18)34-27(32)26-25(28)22-5-3-4-6-23(22)35-26/h3-15,17H,16H2,1-2H3,(H,30,31)/b29-15-. The highest BCUT2D eigenvalue weighted by Gasteiger charge is 2.18. The molecule has 0 aliphatic heterocycles. The highest BCUT2D eigenvalue weighted by molar-refractivity contribution is 7.21. The van der Waals surface area contributed by atoms with Crippen LogP contribution in [-0.2, 0) is 4.79 Å². The van der Waals surface area contributed by atoms with Gasteiger partial charge >= 0.3 is 5.97 Å². The second-order valence-corrected chi connectivity index (χ2v) is 9.44. The number of benzene rings is 3. The minimum atomic E-state index is -0.510. The van der Waals surface area contributed by atoms with Crippen LogP contribution in [0.25, 0.3) is 10.1 Å². The molecule has 3 aromatic carbocycles. The summed E-state index contributed by atoms with van der Waals surface area (Å²) in [7, 11) is 0. The molecule has 4 rings (SSSR count). The number of carbonyl (C=O) groups is 2. The van der Waals surface area contributed by atoms with Crippen molar-refractivity contribution in [3.63, 3.8) is 0 Å². The second kappa shape index (κ2) is 11.2. The van der Waals surface area contributed by atoms with E-state index >= 15 is 0 Å². The van der Waals surface area contributed by atoms with Gasteiger partial charge in [-0.1, -0.05) is 55.8 Å². The molecule has 0 bridgehead atoms. The van der Waals surface area contributed by atoms with Gasteiger partial charge in [-0.05, 0) is 59.5 Å². The Morgan fingerprint density at radius 1 is 1.00 bits per heavy atom. The van der Waals surface area contributed by atoms with Crippen LogP contribution in [0, 0.1) is 0 Å². The smallest absolute Gasteiger partial charge is 0.355 e. The van der Waals surface area contributed by atoms with Gasteiger partial charge in [0.1, 0.15) is 16.4 Å². The quantitative estimate of drug-likeness (QED) is 0.129. The molecule has 0 aliphatic carbocycles. The fraction of sp³-hybridized carbons (Fsp3) is 0.148. The number of halogens is 1. The Labute approximate surface area is 212 Å². The Morgan fingerprint density at radius 3 is 2.37 bits per heavy atom. The van der Waals surface area contributed by atoms with Gasteiger partial charge < -0.3 is 9.47 Å². The molecule has 1 heterocycles. The first-order valence-corrected chi connectivity index (χ1v) is 12.1. The minimum absolute atomic E-state index is 0.145. The summed E-state index contributed by atoms with van der Waals surface area (Å²) in [5.74, 6) is 0.545. The van der Waals surface area contributed by atoms with Crippen LogP contribution in [0.1, 0.15) is 40.6 Å². The molecule has 0 aliphatic rings. The van der Waals surface area contributed by atoms with Crippen molar-refractivity contribution in [3.05, 3.63) is 93.8 Å². The van der Waals surface area contributed by atoms with Crippen LogP contribution in [0.4, 0.5) is 0 Å². The summed E-state index contributed by atoms with van der Waals surface area (Å²) in [6, 6.07) is 21.9. The molecule has 178 valence electrons. The molecular formula is C27H23ClN2O4S. The van der Waals surface area contributed by atoms with Crippen molar-refractivity contribution < 1.29 is 19.1 Å². The third-order valence-electron chi connectivity index (χ3n) is 5.13. The summed E-state index contributed by atoms with van der Waals surface area (Å²) in [5.41, 5.74) is 4.35. The highest BCUT2D eigenvalue weighted by atomic mass is 35.5. The first-order chi connectivity index (χ1) is 16.9. The maximum Gasteiger partial charge on any atom is 0.355 e. The van der Waals surface area contributed by atoms with Crippen molar-refractivity contribution in [2.45, 2.75) is 19.8 Å². The SMILES string of the molecule is CC(C)c1ccc(OCC(=O)N/N=C\c2ccc(OC(=O)c3sc4ccccc4c3Cl)cc2)cc1. The molecule has 0 spiro atoms. The Bertz CT molecular complexity index is 1360. The zero-order valence-electron chi connectivity index (χ0n) is 19.2. The van der Waals surface area contributed by atoms with Crippen molar-refractivity contribution in [1.82, 2.24) is 5.43 Å². The average molecular weight is 507 g/mol. The van der Waals surface area contributed by atoms with E-state index in [2.05, 4.69) is 24.4 Å². The van der Waals surface area contributed by atoms with Crippen LogP contribution < -0.4 is 14.9 Å². The van der Waals surface area contributed by atoms with E-state index in [9.17, 15) is 9.59 Å². The monoisotopic (exact) mass is 506 g/mol. The van der Waals surface area contributed by atoms with Crippen LogP contribution in [0.3, 0.4) is 0 Å². The topological polar surface area (TPSA) is 77.0 Å². The summed E-state index contributed by atoms with van der Waals surface area (Å²) in [4.78, 5) is 24.9. The normalized spacial score (nSPS) is 11.2. The zero-order valence-corrected chi connectivity index (χ0v) is 20.7. The molecule has 1 aromatic heterocycles. The number of esters is 1. The molecule has 1 amide bonds. The molecule has 1 N–H and O–H groups in total. The Balaban J connectivity index is 1.26. The number of carbonyl (C=O) groups excluding carboxylic acids is 2. The fourth-order valence-corrected chi connectivity index (χ4v) is 4.61. The predicted molar refractivity (Wildman–Crippen MR) is 140 cm³/mol. The van der Waals surface area contributed by atoms with Crippen LogP contribution in [0.2, 0.25) is 5.02 Å². The van der Waals surface area contributed by atoms with Gasteiger partial charge in [0.05, 0.1) is 11.2 Å². The van der Waals surface area contributed by atoms with E-state index < -0.39 is 5.97 Å². The third-order valence-corrected chi connectivity index (χ3v) is 6.79. The number of hydrazone groups is 1. The van der Waals surface area contributed by atoms with Crippen molar-refractivity contribution >= 4 is 51.1 Å². The van der Waals surface area contributed by atoms with Crippen molar-refractivity contribution in [2.24, 2.45) is 5.10 Å². The van der Waals surface area contributed by atoms with Crippen LogP contribution in [0.15, 0.2) is 77.9 Å². The van der Waals surface area contributed by atoms with E-state index in [4.69, 9.17) is 21.1 Å². The van der Waals surface area contributed by atoms with E-state index in [1.807, 2.05) is 48.5 Å². The lowest BCUT2D eigenvalue weighted by atomic mass is 10.0. The van der Waals surface area contributed by atoms with Crippen molar-refractivity contribution in [3.8, 4) is 11.5 Å². The van der Waals surface area contributed by atoms with Gasteiger partial charge in [-0.15, -0.1) is 11.3 Å². The number of rotatable bonds is 8. The lowest BCUT2D eigenvalue weighted by molar-refractivity contribution is -0.123. The number of nitrogens with one attached hydrogen (secondary N) is 1. The molecule has 8 heteroatoms. The van der Waals surface area contributed by atoms with E-state index in [-0.39, 0.29) is 12.5 Å². The first kappa shape index (κ1) is 24.4. The molecular weight excluding hydrogens is 484 g/mol. The summed E-state index contributed by atoms with van der Waals surface area (Å²) < 4.78 is 11.9. The number of amides is 1. The van der Waals surface area contributed by atoms with Crippen LogP contribution >= 0.6 is 22.9 Å². The summed E-state index contributed by atoms with van der Waals surface area (Å²) in [6.45, 7) is 4.09. The van der Waals surface area contributed by atoms with E-state index in [0.29, 0.717) is 27.3 Å². The number of fused-ring (bicyclic) bond motifs is 1. The molecule has 0 saturated carbocycles. The molecule has 4 aromatic rings. The lowest BCUT2D eigenvalue weighted by Crippen LogP contribution is -2.24. The Hall–Kier alpha value is -3.68. The second-order valence-electron chi connectivity index (χ2n) is 8.01. The molecule has 6 nitrogen and oxygen atoms in total. The van der Waals surface area contributed by atoms with Crippen molar-refractivity contribution in [2.75, 3.05) is 6.61 Å². The Kier molecular flexibility index (Phi) is 7.80. The van der Waals surface area contributed by atoms with Gasteiger partial charge in [0.25, 0.3) is 5.91 Å². The van der Waals surface area contributed by atoms with Gasteiger partial charge in [-0.25, -0.2) is 10.2 Å². The van der Waals surface area contributed by atoms with Crippen LogP contribution in [0.5, 0.6) is 11.5 Å². The zero-order chi connectivity index (χ0) is 24.8. The number of hydrogen-bond acceptors (Lipinski definition) is 6. The maximum absolute atomic E-state index is 12.6. The molecule has 35 heavy (non-hydrogen) atoms. The van der Waals surface area contributed by atoms with Crippen LogP contribution in [-0.4, -0.2) is 24.7 Å². The average Bonchev–Trinajstić information content (AvgIpc) is 3.21. The third kappa shape index (κ3) is 6.26. The van der Waals surface area contributed by atoms with Gasteiger partial charge in [0.15, 0.2) is 6.61 Å². The van der Waals surface area contributed by atoms with Gasteiger partial charge in [0, 0.05) is 10.1 Å². The number of ether oxygens (including phenoxy) is 2. The van der Waals surface area contributed by atoms with E-state index in [1.165, 1.54) is 23.1 Å². The number of nitrogens with zero attached hydrogens (tertiary/aromatic N) is 1. The highest BCUT2D eigenvalue weighted by Crippen LogP contribution is 2.35. The predicted octanol–water partition coefficient (Wildman–Crippen LogP) is 6.43. The fourth-order valence-electron chi connectivity index (χ4n) is 3.23. The molecule has 0 unspecified atom stereocenters. The summed E-state index contributed by atoms with van der Waals surface area (Å²) in [6.07, 6.45) is 1.49. The minimum Gasteiger partial charge on any atom is -0.484 e. The molecule has 0 atom stereocenters. The molecule has 0 fully saturated rings. The van der Waals surface area contributed by atoms with E-state index in [0.717, 1.165) is 15.6 Å².